The highest BCUT2D eigenvalue weighted by Crippen LogP contribution is 2.26. The van der Waals surface area contributed by atoms with Crippen molar-refractivity contribution in [2.75, 3.05) is 11.1 Å². The largest absolute Gasteiger partial charge is 0.384 e. The van der Waals surface area contributed by atoms with Crippen LogP contribution in [0.4, 0.5) is 17.3 Å². The maximum atomic E-state index is 6.18. The van der Waals surface area contributed by atoms with E-state index in [0.717, 1.165) is 27.9 Å². The minimum absolute atomic E-state index is 0.461. The number of nitrogens with two attached hydrogens (primary N) is 1. The Kier molecular flexibility index (Phi) is 4.81. The molecule has 0 atom stereocenters. The number of nitrogens with zero attached hydrogens (tertiary/aromatic N) is 2. The Hall–Kier alpha value is -1.08. The predicted molar refractivity (Wildman–Crippen MR) is 87.9 cm³/mol. The molecule has 0 saturated heterocycles. The number of nitrogens with one attached hydrogen (secondary N) is 1. The van der Waals surface area contributed by atoms with Gasteiger partial charge in [-0.05, 0) is 47.2 Å². The summed E-state index contributed by atoms with van der Waals surface area (Å²) in [7, 11) is 0. The van der Waals surface area contributed by atoms with Gasteiger partial charge in [-0.2, -0.15) is 0 Å². The maximum Gasteiger partial charge on any atom is 0.136 e. The molecule has 19 heavy (non-hydrogen) atoms. The first-order chi connectivity index (χ1) is 9.08. The molecule has 0 spiro atoms. The SMILES string of the molecule is CCCc1nc(N)cc(Nc2ccc(I)cc2Cl)n1. The lowest BCUT2D eigenvalue weighted by atomic mass is 10.3. The van der Waals surface area contributed by atoms with E-state index in [1.54, 1.807) is 6.07 Å². The number of benzene rings is 1. The van der Waals surface area contributed by atoms with Crippen molar-refractivity contribution < 1.29 is 0 Å². The number of hydrogen-bond donors (Lipinski definition) is 2. The Labute approximate surface area is 130 Å². The Morgan fingerprint density at radius 3 is 2.79 bits per heavy atom. The first-order valence-corrected chi connectivity index (χ1v) is 7.39. The predicted octanol–water partition coefficient (Wildman–Crippen LogP) is 4.01. The number of aromatic nitrogens is 2. The standard InChI is InChI=1S/C13H14ClIN4/c1-2-3-12-18-11(16)7-13(19-12)17-10-5-4-8(15)6-9(10)14/h4-7H,2-3H2,1H3,(H3,16,17,18,19). The second-order valence-electron chi connectivity index (χ2n) is 4.09. The van der Waals surface area contributed by atoms with Crippen LogP contribution in [0.1, 0.15) is 19.2 Å². The van der Waals surface area contributed by atoms with Crippen LogP contribution in [0.2, 0.25) is 5.02 Å². The minimum atomic E-state index is 0.461. The van der Waals surface area contributed by atoms with Gasteiger partial charge in [0.1, 0.15) is 17.5 Å². The van der Waals surface area contributed by atoms with Crippen molar-refractivity contribution in [3.8, 4) is 0 Å². The fourth-order valence-electron chi connectivity index (χ4n) is 1.65. The summed E-state index contributed by atoms with van der Waals surface area (Å²) in [6.07, 6.45) is 1.79. The van der Waals surface area contributed by atoms with Gasteiger partial charge in [-0.15, -0.1) is 0 Å². The maximum absolute atomic E-state index is 6.18. The van der Waals surface area contributed by atoms with Gasteiger partial charge in [0.05, 0.1) is 10.7 Å². The summed E-state index contributed by atoms with van der Waals surface area (Å²) in [5.74, 6) is 1.87. The van der Waals surface area contributed by atoms with E-state index in [1.165, 1.54) is 0 Å². The van der Waals surface area contributed by atoms with Crippen molar-refractivity contribution in [2.45, 2.75) is 19.8 Å². The highest BCUT2D eigenvalue weighted by Gasteiger charge is 2.05. The fraction of sp³-hybridized carbons (Fsp3) is 0.231. The zero-order valence-corrected chi connectivity index (χ0v) is 13.4. The minimum Gasteiger partial charge on any atom is -0.384 e. The molecule has 0 unspecified atom stereocenters. The first-order valence-electron chi connectivity index (χ1n) is 5.94. The Morgan fingerprint density at radius 2 is 2.11 bits per heavy atom. The summed E-state index contributed by atoms with van der Waals surface area (Å²) >= 11 is 8.40. The molecule has 3 N–H and O–H groups in total. The van der Waals surface area contributed by atoms with Crippen LogP contribution in [0.3, 0.4) is 0 Å². The lowest BCUT2D eigenvalue weighted by Crippen LogP contribution is -2.03. The Bertz CT molecular complexity index is 589. The normalized spacial score (nSPS) is 10.5. The second kappa shape index (κ2) is 6.38. The lowest BCUT2D eigenvalue weighted by Gasteiger charge is -2.09. The third-order valence-corrected chi connectivity index (χ3v) is 3.44. The molecule has 0 bridgehead atoms. The molecular weight excluding hydrogens is 375 g/mol. The van der Waals surface area contributed by atoms with E-state index in [1.807, 2.05) is 18.2 Å². The van der Waals surface area contributed by atoms with Crippen LogP contribution < -0.4 is 11.1 Å². The molecule has 0 aliphatic carbocycles. The summed E-state index contributed by atoms with van der Waals surface area (Å²) in [4.78, 5) is 8.61. The molecule has 1 aromatic carbocycles. The zero-order valence-electron chi connectivity index (χ0n) is 10.5. The van der Waals surface area contributed by atoms with E-state index in [-0.39, 0.29) is 0 Å². The van der Waals surface area contributed by atoms with Crippen molar-refractivity contribution in [1.29, 1.82) is 0 Å². The highest BCUT2D eigenvalue weighted by molar-refractivity contribution is 14.1. The van der Waals surface area contributed by atoms with E-state index in [4.69, 9.17) is 17.3 Å². The molecular formula is C13H14ClIN4. The molecule has 0 amide bonds. The number of halogens is 2. The number of hydrogen-bond acceptors (Lipinski definition) is 4. The molecule has 100 valence electrons. The first kappa shape index (κ1) is 14.3. The van der Waals surface area contributed by atoms with Gasteiger partial charge >= 0.3 is 0 Å². The van der Waals surface area contributed by atoms with Crippen molar-refractivity contribution in [3.05, 3.63) is 38.7 Å². The van der Waals surface area contributed by atoms with Gasteiger partial charge in [0, 0.05) is 16.1 Å². The van der Waals surface area contributed by atoms with Gasteiger partial charge < -0.3 is 11.1 Å². The average Bonchev–Trinajstić information content (AvgIpc) is 2.32. The van der Waals surface area contributed by atoms with Crippen LogP contribution in [-0.4, -0.2) is 9.97 Å². The van der Waals surface area contributed by atoms with Crippen molar-refractivity contribution in [2.24, 2.45) is 0 Å². The monoisotopic (exact) mass is 388 g/mol. The molecule has 4 nitrogen and oxygen atoms in total. The van der Waals surface area contributed by atoms with E-state index >= 15 is 0 Å². The molecule has 1 aromatic heterocycles. The fourth-order valence-corrected chi connectivity index (χ4v) is 2.55. The average molecular weight is 389 g/mol. The molecule has 1 heterocycles. The van der Waals surface area contributed by atoms with Crippen molar-refractivity contribution >= 4 is 51.5 Å². The van der Waals surface area contributed by atoms with Gasteiger partial charge in [0.25, 0.3) is 0 Å². The molecule has 2 aromatic rings. The summed E-state index contributed by atoms with van der Waals surface area (Å²) in [5, 5.41) is 3.83. The number of anilines is 3. The lowest BCUT2D eigenvalue weighted by molar-refractivity contribution is 0.839. The van der Waals surface area contributed by atoms with E-state index < -0.39 is 0 Å². The quantitative estimate of drug-likeness (QED) is 0.777. The van der Waals surface area contributed by atoms with Gasteiger partial charge in [-0.3, -0.25) is 0 Å². The van der Waals surface area contributed by atoms with Gasteiger partial charge in [0.2, 0.25) is 0 Å². The summed E-state index contributed by atoms with van der Waals surface area (Å²) in [5.41, 5.74) is 6.59. The molecule has 0 aliphatic heterocycles. The molecule has 0 saturated carbocycles. The van der Waals surface area contributed by atoms with Gasteiger partial charge in [0.15, 0.2) is 0 Å². The van der Waals surface area contributed by atoms with E-state index in [9.17, 15) is 0 Å². The number of nitrogen functional groups attached to an aromatic ring is 1. The van der Waals surface area contributed by atoms with E-state index in [0.29, 0.717) is 16.7 Å². The molecule has 6 heteroatoms. The Morgan fingerprint density at radius 1 is 1.32 bits per heavy atom. The highest BCUT2D eigenvalue weighted by atomic mass is 127. The molecule has 0 fully saturated rings. The third-order valence-electron chi connectivity index (χ3n) is 2.46. The summed E-state index contributed by atoms with van der Waals surface area (Å²) < 4.78 is 1.09. The van der Waals surface area contributed by atoms with Crippen molar-refractivity contribution in [1.82, 2.24) is 9.97 Å². The van der Waals surface area contributed by atoms with Crippen LogP contribution in [0.5, 0.6) is 0 Å². The third kappa shape index (κ3) is 3.94. The summed E-state index contributed by atoms with van der Waals surface area (Å²) in [6, 6.07) is 7.49. The second-order valence-corrected chi connectivity index (χ2v) is 5.75. The van der Waals surface area contributed by atoms with Crippen LogP contribution in [0.15, 0.2) is 24.3 Å². The van der Waals surface area contributed by atoms with Crippen LogP contribution in [0.25, 0.3) is 0 Å². The topological polar surface area (TPSA) is 63.8 Å². The van der Waals surface area contributed by atoms with Gasteiger partial charge in [-0.1, -0.05) is 18.5 Å². The smallest absolute Gasteiger partial charge is 0.136 e. The van der Waals surface area contributed by atoms with Crippen LogP contribution in [-0.2, 0) is 6.42 Å². The number of rotatable bonds is 4. The molecule has 0 aliphatic rings. The molecule has 0 radical (unpaired) electrons. The van der Waals surface area contributed by atoms with E-state index in [2.05, 4.69) is 44.8 Å². The van der Waals surface area contributed by atoms with Gasteiger partial charge in [-0.25, -0.2) is 9.97 Å². The zero-order chi connectivity index (χ0) is 13.8. The van der Waals surface area contributed by atoms with Crippen molar-refractivity contribution in [3.63, 3.8) is 0 Å². The van der Waals surface area contributed by atoms with Crippen LogP contribution >= 0.6 is 34.2 Å². The summed E-state index contributed by atoms with van der Waals surface area (Å²) in [6.45, 7) is 2.08. The van der Waals surface area contributed by atoms with Crippen LogP contribution in [0, 0.1) is 3.57 Å². The number of aryl methyl sites for hydroxylation is 1. The Balaban J connectivity index is 2.27. The molecule has 2 rings (SSSR count).